The number of hydrogen-bond donors (Lipinski definition) is 8. The van der Waals surface area contributed by atoms with Gasteiger partial charge in [0.2, 0.25) is 5.91 Å². The highest BCUT2D eigenvalue weighted by atomic mass is 35.5. The molecule has 8 heterocycles. The van der Waals surface area contributed by atoms with Gasteiger partial charge < -0.3 is 44.9 Å². The fraction of sp³-hybridized carbons (Fsp3) is 0.598. The number of aromatic amines is 4. The normalized spacial score (nSPS) is 18.6. The predicted octanol–water partition coefficient (Wildman–Crippen LogP) is 19.9. The van der Waals surface area contributed by atoms with E-state index in [0.29, 0.717) is 61.5 Å². The second-order valence-electron chi connectivity index (χ2n) is 35.5. The standard InChI is InChI=1S/C23H32ClN3O2.C22H32ClN3O.C21H31ClN4O.C21H30ClN3O/c1-23(2,21(28)19-13-18(24)12-16-14-25-26-20(16)19)17-8-10-27(11-9-17)22(29)15-6-4-3-5-7-15;1-14(2)10-15(3)26-8-6-17(7-9-26)22(4,5)21(27)19-12-18(23)11-16-13-24-25-20(16)19;1-14(13-25(4)5)26-8-6-16(7-9-26)21(2,3)20(27)18-11-17(22)10-15-12-23-24-19(15)18;1-13(2)14(3)25-8-6-16(7-9-25)21(4,5)20(26)18-11-17(22)10-15-12-23-24-19(15)18/h12-15,17,21,28H,3-11H2,1-2H3,(H,25,26);11-14,17,21,27H,3,6-10H2,1-2,4-5H3,(H,24,25);10-12,16,20,27H,1,6-9,13H2,2-5H3,(H,23,24);10-13,16,20,26H,3,6-9H2,1-2,4-5H3,(H,23,24)/t2*21-;2*20-/m1111/s1. The Morgan fingerprint density at radius 2 is 0.716 bits per heavy atom. The third kappa shape index (κ3) is 19.9. The molecule has 596 valence electrons. The van der Waals surface area contributed by atoms with Gasteiger partial charge in [-0.05, 0) is 190 Å². The molecule has 1 aliphatic carbocycles. The van der Waals surface area contributed by atoms with Crippen LogP contribution in [0.25, 0.3) is 43.6 Å². The number of carbonyl (C=O) groups is 1. The van der Waals surface area contributed by atoms with Gasteiger partial charge in [0.05, 0.1) is 71.3 Å². The number of halogens is 4. The van der Waals surface area contributed by atoms with Crippen LogP contribution in [0, 0.1) is 63.1 Å². The van der Waals surface area contributed by atoms with E-state index < -0.39 is 24.4 Å². The Kier molecular flexibility index (Phi) is 28.4. The van der Waals surface area contributed by atoms with Crippen LogP contribution in [-0.4, -0.2) is 165 Å². The number of amides is 1. The number of likely N-dealkylation sites (N-methyl/N-ethyl adjacent to an activating group) is 1. The third-order valence-corrected chi connectivity index (χ3v) is 26.6. The van der Waals surface area contributed by atoms with Gasteiger partial charge in [-0.25, -0.2) is 0 Å². The van der Waals surface area contributed by atoms with Crippen molar-refractivity contribution in [3.8, 4) is 0 Å². The summed E-state index contributed by atoms with van der Waals surface area (Å²) >= 11 is 25.1. The second-order valence-corrected chi connectivity index (χ2v) is 37.3. The topological polar surface area (TPSA) is 229 Å². The minimum atomic E-state index is -0.658. The Balaban J connectivity index is 0.000000155. The van der Waals surface area contributed by atoms with Crippen LogP contribution in [0.3, 0.4) is 0 Å². The summed E-state index contributed by atoms with van der Waals surface area (Å²) in [6.45, 7) is 47.4. The number of aromatic nitrogens is 8. The van der Waals surface area contributed by atoms with Gasteiger partial charge in [0.1, 0.15) is 0 Å². The van der Waals surface area contributed by atoms with Gasteiger partial charge in [0.15, 0.2) is 0 Å². The van der Waals surface area contributed by atoms with Gasteiger partial charge in [-0.15, -0.1) is 0 Å². The van der Waals surface area contributed by atoms with Crippen LogP contribution in [-0.2, 0) is 4.79 Å². The van der Waals surface area contributed by atoms with Crippen molar-refractivity contribution in [3.63, 3.8) is 0 Å². The fourth-order valence-electron chi connectivity index (χ4n) is 18.2. The van der Waals surface area contributed by atoms with Gasteiger partial charge in [-0.2, -0.15) is 20.4 Å². The van der Waals surface area contributed by atoms with Crippen molar-refractivity contribution in [2.24, 2.45) is 63.1 Å². The summed E-state index contributed by atoms with van der Waals surface area (Å²) in [7, 11) is 4.14. The van der Waals surface area contributed by atoms with Gasteiger partial charge in [-0.1, -0.05) is 168 Å². The second kappa shape index (κ2) is 36.3. The lowest BCUT2D eigenvalue weighted by molar-refractivity contribution is -0.139. The molecule has 13 rings (SSSR count). The van der Waals surface area contributed by atoms with E-state index in [-0.39, 0.29) is 27.6 Å². The number of piperidine rings is 4. The number of rotatable bonds is 21. The number of benzene rings is 4. The number of aliphatic hydroxyl groups is 4. The molecule has 0 radical (unpaired) electrons. The van der Waals surface area contributed by atoms with Crippen molar-refractivity contribution in [3.05, 3.63) is 152 Å². The number of allylic oxidation sites excluding steroid dienone is 2. The van der Waals surface area contributed by atoms with E-state index in [1.54, 1.807) is 24.8 Å². The van der Waals surface area contributed by atoms with E-state index in [1.165, 1.54) is 36.4 Å². The highest BCUT2D eigenvalue weighted by Crippen LogP contribution is 2.52. The maximum absolute atomic E-state index is 12.9. The summed E-state index contributed by atoms with van der Waals surface area (Å²) in [6.07, 6.45) is 19.5. The summed E-state index contributed by atoms with van der Waals surface area (Å²) in [5.74, 6) is 3.34. The van der Waals surface area contributed by atoms with Crippen molar-refractivity contribution in [1.29, 1.82) is 0 Å². The van der Waals surface area contributed by atoms with Crippen molar-refractivity contribution in [2.45, 2.75) is 197 Å². The molecule has 1 amide bonds. The Labute approximate surface area is 668 Å². The minimum Gasteiger partial charge on any atom is -0.388 e. The number of carbonyl (C=O) groups excluding carboxylic acids is 1. The van der Waals surface area contributed by atoms with Crippen molar-refractivity contribution >= 4 is 95.9 Å². The zero-order valence-corrected chi connectivity index (χ0v) is 70.4. The van der Waals surface area contributed by atoms with E-state index in [4.69, 9.17) is 46.4 Å². The van der Waals surface area contributed by atoms with Gasteiger partial charge >= 0.3 is 0 Å². The molecule has 5 aliphatic rings. The van der Waals surface area contributed by atoms with Gasteiger partial charge in [0, 0.05) is 146 Å². The molecule has 0 bridgehead atoms. The summed E-state index contributed by atoms with van der Waals surface area (Å²) in [5, 5.41) is 79.9. The van der Waals surface area contributed by atoms with E-state index in [0.717, 1.165) is 195 Å². The number of likely N-dealkylation sites (tertiary alicyclic amines) is 4. The highest BCUT2D eigenvalue weighted by molar-refractivity contribution is 6.32. The number of hydrogen-bond acceptors (Lipinski definition) is 13. The molecule has 1 saturated carbocycles. The lowest BCUT2D eigenvalue weighted by atomic mass is 9.68. The van der Waals surface area contributed by atoms with Gasteiger partial charge in [0.25, 0.3) is 0 Å². The van der Waals surface area contributed by atoms with Crippen LogP contribution in [0.2, 0.25) is 20.1 Å². The lowest BCUT2D eigenvalue weighted by Crippen LogP contribution is -2.45. The number of H-pyrrole nitrogens is 4. The molecule has 8 N–H and O–H groups in total. The quantitative estimate of drug-likeness (QED) is 0.0335. The smallest absolute Gasteiger partial charge is 0.225 e. The van der Waals surface area contributed by atoms with Crippen molar-refractivity contribution in [1.82, 2.24) is 65.3 Å². The molecule has 5 fully saturated rings. The first-order valence-corrected chi connectivity index (χ1v) is 41.4. The molecular formula is C87H125Cl4N13O5. The highest BCUT2D eigenvalue weighted by Gasteiger charge is 2.45. The van der Waals surface area contributed by atoms with Crippen molar-refractivity contribution in [2.75, 3.05) is 73.0 Å². The number of nitrogens with one attached hydrogen (secondary N) is 4. The average Bonchev–Trinajstić information content (AvgIpc) is 1.78. The fourth-order valence-corrected chi connectivity index (χ4v) is 19.2. The summed E-state index contributed by atoms with van der Waals surface area (Å²) in [6, 6.07) is 14.9. The Bertz CT molecular complexity index is 4220. The lowest BCUT2D eigenvalue weighted by Gasteiger charge is -2.44. The number of fused-ring (bicyclic) bond motifs is 4. The first-order chi connectivity index (χ1) is 51.5. The molecule has 4 saturated heterocycles. The molecule has 4 aliphatic heterocycles. The molecule has 8 aromatic rings. The Hall–Kier alpha value is -6.19. The molecule has 109 heavy (non-hydrogen) atoms. The zero-order valence-electron chi connectivity index (χ0n) is 67.4. The van der Waals surface area contributed by atoms with Crippen LogP contribution in [0.5, 0.6) is 0 Å². The average molecular weight is 1570 g/mol. The largest absolute Gasteiger partial charge is 0.388 e. The van der Waals surface area contributed by atoms with Gasteiger partial charge in [-0.3, -0.25) is 25.2 Å². The van der Waals surface area contributed by atoms with E-state index in [2.05, 4.69) is 182 Å². The monoisotopic (exact) mass is 1570 g/mol. The van der Waals surface area contributed by atoms with Crippen LogP contribution in [0.15, 0.2) is 110 Å². The molecule has 18 nitrogen and oxygen atoms in total. The molecular weight excluding hydrogens is 1450 g/mol. The van der Waals surface area contributed by atoms with Crippen LogP contribution >= 0.6 is 46.4 Å². The third-order valence-electron chi connectivity index (χ3n) is 25.7. The van der Waals surface area contributed by atoms with Crippen molar-refractivity contribution < 1.29 is 25.2 Å². The maximum Gasteiger partial charge on any atom is 0.225 e. The van der Waals surface area contributed by atoms with E-state index >= 15 is 0 Å². The first-order valence-electron chi connectivity index (χ1n) is 39.9. The molecule has 4 aromatic heterocycles. The molecule has 4 aromatic carbocycles. The van der Waals surface area contributed by atoms with Crippen LogP contribution in [0.4, 0.5) is 0 Å². The minimum absolute atomic E-state index is 0.235. The van der Waals surface area contributed by atoms with Crippen LogP contribution in [0.1, 0.15) is 220 Å². The summed E-state index contributed by atoms with van der Waals surface area (Å²) in [4.78, 5) is 24.3. The Morgan fingerprint density at radius 3 is 0.991 bits per heavy atom. The zero-order chi connectivity index (χ0) is 79.2. The number of nitrogens with zero attached hydrogens (tertiary/aromatic N) is 9. The molecule has 4 atom stereocenters. The first kappa shape index (κ1) is 85.2. The Morgan fingerprint density at radius 1 is 0.440 bits per heavy atom. The maximum atomic E-state index is 12.9. The molecule has 0 unspecified atom stereocenters. The SMILES string of the molecule is C=C(C(C)C)N1CCC(C(C)(C)[C@H](O)c2cc(Cl)cc3cn[nH]c23)CC1.C=C(CC(C)C)N1CCC(C(C)(C)[C@H](O)c2cc(Cl)cc3cn[nH]c23)CC1.C=C(CN(C)C)N1CCC(C(C)(C)[C@H](O)c2cc(Cl)cc3cn[nH]c23)CC1.CC(C)(C1CCN(C(=O)C2CCCCC2)CC1)[C@H](O)c1cc(Cl)cc2cn[nH]c12. The predicted molar refractivity (Wildman–Crippen MR) is 448 cm³/mol. The van der Waals surface area contributed by atoms with E-state index in [9.17, 15) is 25.2 Å². The van der Waals surface area contributed by atoms with E-state index in [1.807, 2.05) is 48.5 Å². The number of aliphatic hydroxyl groups excluding tert-OH is 4. The van der Waals surface area contributed by atoms with Crippen LogP contribution < -0.4 is 0 Å². The molecule has 0 spiro atoms. The summed E-state index contributed by atoms with van der Waals surface area (Å²) < 4.78 is 0. The molecule has 22 heteroatoms. The summed E-state index contributed by atoms with van der Waals surface area (Å²) in [5.41, 5.74) is 9.31.